The Morgan fingerprint density at radius 2 is 1.64 bits per heavy atom. The van der Waals surface area contributed by atoms with E-state index in [9.17, 15) is 14.7 Å². The van der Waals surface area contributed by atoms with Crippen molar-refractivity contribution < 1.29 is 33.3 Å². The second-order valence-corrected chi connectivity index (χ2v) is 8.04. The fraction of sp³-hybridized carbons (Fsp3) is 0.286. The number of hydrogen-bond acceptors (Lipinski definition) is 7. The first-order valence-electron chi connectivity index (χ1n) is 11.9. The quantitative estimate of drug-likeness (QED) is 0.239. The van der Waals surface area contributed by atoms with Crippen LogP contribution in [-0.2, 0) is 16.1 Å². The Morgan fingerprint density at radius 1 is 0.917 bits per heavy atom. The maximum absolute atomic E-state index is 13.4. The molecule has 8 heteroatoms. The zero-order valence-electron chi connectivity index (χ0n) is 20.5. The van der Waals surface area contributed by atoms with Crippen molar-refractivity contribution in [1.29, 1.82) is 0 Å². The molecule has 8 nitrogen and oxygen atoms in total. The number of aliphatic hydroxyl groups excluding tert-OH is 1. The van der Waals surface area contributed by atoms with Crippen molar-refractivity contribution in [3.63, 3.8) is 0 Å². The summed E-state index contributed by atoms with van der Waals surface area (Å²) in [6, 6.07) is 14.7. The minimum absolute atomic E-state index is 0.0367. The van der Waals surface area contributed by atoms with Crippen LogP contribution in [0.2, 0.25) is 0 Å². The van der Waals surface area contributed by atoms with Crippen LogP contribution < -0.4 is 14.2 Å². The number of rotatable bonds is 10. The van der Waals surface area contributed by atoms with Gasteiger partial charge in [0.1, 0.15) is 28.8 Å². The summed E-state index contributed by atoms with van der Waals surface area (Å²) in [5.41, 5.74) is 0.879. The van der Waals surface area contributed by atoms with Crippen molar-refractivity contribution in [2.45, 2.75) is 33.4 Å². The van der Waals surface area contributed by atoms with Gasteiger partial charge in [0, 0.05) is 6.07 Å². The lowest BCUT2D eigenvalue weighted by atomic mass is 9.94. The van der Waals surface area contributed by atoms with E-state index in [2.05, 4.69) is 0 Å². The molecule has 36 heavy (non-hydrogen) atoms. The third-order valence-electron chi connectivity index (χ3n) is 5.75. The molecule has 0 radical (unpaired) electrons. The van der Waals surface area contributed by atoms with Gasteiger partial charge in [-0.15, -0.1) is 0 Å². The molecule has 1 aromatic heterocycles. The summed E-state index contributed by atoms with van der Waals surface area (Å²) in [4.78, 5) is 28.0. The van der Waals surface area contributed by atoms with E-state index in [1.165, 1.54) is 11.2 Å². The van der Waals surface area contributed by atoms with Crippen LogP contribution in [0, 0.1) is 0 Å². The zero-order chi connectivity index (χ0) is 25.7. The summed E-state index contributed by atoms with van der Waals surface area (Å²) in [6.07, 6.45) is 1.50. The molecule has 0 aliphatic carbocycles. The fourth-order valence-electron chi connectivity index (χ4n) is 4.28. The lowest BCUT2D eigenvalue weighted by molar-refractivity contribution is -0.140. The number of amides is 1. The van der Waals surface area contributed by atoms with Crippen molar-refractivity contribution in [3.8, 4) is 17.2 Å². The van der Waals surface area contributed by atoms with Crippen molar-refractivity contribution >= 4 is 17.4 Å². The van der Waals surface area contributed by atoms with E-state index >= 15 is 0 Å². The minimum Gasteiger partial charge on any atom is -0.507 e. The normalized spacial score (nSPS) is 16.9. The van der Waals surface area contributed by atoms with Crippen LogP contribution in [0.1, 0.15) is 43.7 Å². The van der Waals surface area contributed by atoms with Crippen LogP contribution in [-0.4, -0.2) is 41.5 Å². The number of benzene rings is 2. The highest BCUT2D eigenvalue weighted by molar-refractivity contribution is 6.46. The van der Waals surface area contributed by atoms with Gasteiger partial charge in [-0.1, -0.05) is 12.1 Å². The number of carbonyl (C=O) groups excluding carboxylic acids is 2. The molecule has 0 spiro atoms. The van der Waals surface area contributed by atoms with Gasteiger partial charge in [0.25, 0.3) is 11.7 Å². The van der Waals surface area contributed by atoms with E-state index in [0.29, 0.717) is 54.0 Å². The van der Waals surface area contributed by atoms with Gasteiger partial charge in [0.2, 0.25) is 0 Å². The summed E-state index contributed by atoms with van der Waals surface area (Å²) in [7, 11) is 0. The third-order valence-corrected chi connectivity index (χ3v) is 5.75. The fourth-order valence-corrected chi connectivity index (χ4v) is 4.28. The van der Waals surface area contributed by atoms with Gasteiger partial charge in [0.15, 0.2) is 0 Å². The largest absolute Gasteiger partial charge is 0.507 e. The average Bonchev–Trinajstić information content (AvgIpc) is 3.47. The molecule has 1 amide bonds. The second kappa shape index (κ2) is 11.0. The van der Waals surface area contributed by atoms with E-state index in [0.717, 1.165) is 0 Å². The smallest absolute Gasteiger partial charge is 0.296 e. The Bertz CT molecular complexity index is 1260. The molecule has 4 rings (SSSR count). The molecule has 1 fully saturated rings. The Hall–Kier alpha value is -4.20. The van der Waals surface area contributed by atoms with Crippen molar-refractivity contribution in [2.24, 2.45) is 0 Å². The first-order chi connectivity index (χ1) is 17.5. The van der Waals surface area contributed by atoms with Crippen LogP contribution in [0.25, 0.3) is 5.76 Å². The molecule has 0 saturated carbocycles. The van der Waals surface area contributed by atoms with Crippen molar-refractivity contribution in [1.82, 2.24) is 4.90 Å². The van der Waals surface area contributed by atoms with Gasteiger partial charge >= 0.3 is 0 Å². The van der Waals surface area contributed by atoms with Gasteiger partial charge < -0.3 is 28.6 Å². The van der Waals surface area contributed by atoms with Crippen molar-refractivity contribution in [2.75, 3.05) is 19.8 Å². The lowest BCUT2D eigenvalue weighted by Gasteiger charge is -2.25. The maximum atomic E-state index is 13.4. The number of carbonyl (C=O) groups is 2. The molecule has 1 atom stereocenters. The van der Waals surface area contributed by atoms with Gasteiger partial charge in [0.05, 0.1) is 49.8 Å². The number of aliphatic hydroxyl groups is 1. The molecule has 2 heterocycles. The molecule has 1 saturated heterocycles. The van der Waals surface area contributed by atoms with Crippen LogP contribution >= 0.6 is 0 Å². The average molecular weight is 492 g/mol. The van der Waals surface area contributed by atoms with E-state index in [1.54, 1.807) is 54.6 Å². The molecule has 0 bridgehead atoms. The molecular weight excluding hydrogens is 462 g/mol. The summed E-state index contributed by atoms with van der Waals surface area (Å²) >= 11 is 0. The number of likely N-dealkylation sites (tertiary alicyclic amines) is 1. The van der Waals surface area contributed by atoms with Crippen LogP contribution in [0.5, 0.6) is 17.2 Å². The molecule has 1 unspecified atom stereocenters. The topological polar surface area (TPSA) is 98.4 Å². The van der Waals surface area contributed by atoms with E-state index < -0.39 is 17.7 Å². The molecule has 1 N–H and O–H groups in total. The highest BCUT2D eigenvalue weighted by Gasteiger charge is 2.46. The summed E-state index contributed by atoms with van der Waals surface area (Å²) in [5.74, 6) is 0.171. The number of nitrogens with zero attached hydrogens (tertiary/aromatic N) is 1. The maximum Gasteiger partial charge on any atom is 0.296 e. The Labute approximate surface area is 209 Å². The SMILES string of the molecule is CCOc1cccc(C2/C(=C(/O)c3ccc(OCC)cc3OCC)C(=O)C(=O)N2Cc2ccco2)c1. The molecule has 3 aromatic rings. The lowest BCUT2D eigenvalue weighted by Crippen LogP contribution is -2.29. The molecule has 1 aliphatic rings. The van der Waals surface area contributed by atoms with Crippen LogP contribution in [0.4, 0.5) is 0 Å². The van der Waals surface area contributed by atoms with E-state index in [-0.39, 0.29) is 17.9 Å². The Morgan fingerprint density at radius 3 is 2.31 bits per heavy atom. The van der Waals surface area contributed by atoms with Crippen LogP contribution in [0.15, 0.2) is 70.9 Å². The molecule has 2 aromatic carbocycles. The standard InChI is InChI=1S/C28H29NO7/c1-4-33-19-10-7-9-18(15-19)25-24(27(31)28(32)29(25)17-21-11-8-14-36-21)26(30)22-13-12-20(34-5-2)16-23(22)35-6-3/h7-16,25,30H,4-6,17H2,1-3H3/b26-24-. The van der Waals surface area contributed by atoms with Gasteiger partial charge in [-0.3, -0.25) is 9.59 Å². The van der Waals surface area contributed by atoms with E-state index in [4.69, 9.17) is 18.6 Å². The van der Waals surface area contributed by atoms with Gasteiger partial charge in [-0.05, 0) is 62.7 Å². The second-order valence-electron chi connectivity index (χ2n) is 8.04. The predicted molar refractivity (Wildman–Crippen MR) is 133 cm³/mol. The minimum atomic E-state index is -0.864. The number of ether oxygens (including phenoxy) is 3. The molecular formula is C28H29NO7. The Balaban J connectivity index is 1.88. The predicted octanol–water partition coefficient (Wildman–Crippen LogP) is 5.10. The van der Waals surface area contributed by atoms with Gasteiger partial charge in [-0.25, -0.2) is 0 Å². The first kappa shape index (κ1) is 24.9. The number of ketones is 1. The summed E-state index contributed by atoms with van der Waals surface area (Å²) in [5, 5.41) is 11.5. The highest BCUT2D eigenvalue weighted by Crippen LogP contribution is 2.43. The molecule has 1 aliphatic heterocycles. The summed E-state index contributed by atoms with van der Waals surface area (Å²) in [6.45, 7) is 6.87. The van der Waals surface area contributed by atoms with Crippen molar-refractivity contribution in [3.05, 3.63) is 83.3 Å². The monoisotopic (exact) mass is 491 g/mol. The third kappa shape index (κ3) is 4.93. The number of hydrogen-bond donors (Lipinski definition) is 1. The number of Topliss-reactive ketones (excluding diaryl/α,β-unsaturated/α-hetero) is 1. The van der Waals surface area contributed by atoms with E-state index in [1.807, 2.05) is 20.8 Å². The zero-order valence-corrected chi connectivity index (χ0v) is 20.5. The first-order valence-corrected chi connectivity index (χ1v) is 11.9. The summed E-state index contributed by atoms with van der Waals surface area (Å²) < 4.78 is 22.4. The number of furan rings is 1. The highest BCUT2D eigenvalue weighted by atomic mass is 16.5. The Kier molecular flexibility index (Phi) is 7.63. The van der Waals surface area contributed by atoms with Gasteiger partial charge in [-0.2, -0.15) is 0 Å². The van der Waals surface area contributed by atoms with Crippen LogP contribution in [0.3, 0.4) is 0 Å². The molecule has 188 valence electrons.